The summed E-state index contributed by atoms with van der Waals surface area (Å²) in [6, 6.07) is 0. The first-order valence-electron chi connectivity index (χ1n) is 9.67. The number of ether oxygens (including phenoxy) is 3. The Morgan fingerprint density at radius 3 is 2.31 bits per heavy atom. The first-order chi connectivity index (χ1) is 13.4. The molecule has 0 spiro atoms. The van der Waals surface area contributed by atoms with Crippen molar-refractivity contribution < 1.29 is 54.8 Å². The zero-order valence-corrected chi connectivity index (χ0v) is 16.7. The molecular weight excluding hydrogens is 392 g/mol. The molecular formula is C18H32O11. The molecule has 170 valence electrons. The Morgan fingerprint density at radius 1 is 1.14 bits per heavy atom. The average molecular weight is 424 g/mol. The summed E-state index contributed by atoms with van der Waals surface area (Å²) in [7, 11) is 0. The van der Waals surface area contributed by atoms with Gasteiger partial charge in [0.05, 0.1) is 37.6 Å². The van der Waals surface area contributed by atoms with E-state index in [9.17, 15) is 35.4 Å². The molecule has 11 nitrogen and oxygen atoms in total. The smallest absolute Gasteiger partial charge is 0.364 e. The molecule has 29 heavy (non-hydrogen) atoms. The van der Waals surface area contributed by atoms with Gasteiger partial charge in [-0.05, 0) is 6.92 Å². The third kappa shape index (κ3) is 4.89. The zero-order valence-electron chi connectivity index (χ0n) is 16.7. The van der Waals surface area contributed by atoms with Gasteiger partial charge in [0.25, 0.3) is 5.79 Å². The Balaban J connectivity index is 2.19. The molecule has 2 rings (SSSR count). The summed E-state index contributed by atoms with van der Waals surface area (Å²) in [4.78, 5) is 12.0. The molecule has 0 aromatic heterocycles. The molecule has 0 saturated carbocycles. The van der Waals surface area contributed by atoms with Crippen molar-refractivity contribution in [1.29, 1.82) is 0 Å². The highest BCUT2D eigenvalue weighted by Crippen LogP contribution is 2.37. The minimum absolute atomic E-state index is 0.345. The second kappa shape index (κ2) is 9.50. The number of hydrogen-bond donors (Lipinski definition) is 7. The largest absolute Gasteiger partial charge is 0.477 e. The number of aliphatic hydroxyl groups excluding tert-OH is 6. The van der Waals surface area contributed by atoms with Crippen molar-refractivity contribution in [2.75, 3.05) is 13.2 Å². The van der Waals surface area contributed by atoms with Gasteiger partial charge in [-0.1, -0.05) is 13.8 Å². The van der Waals surface area contributed by atoms with Crippen molar-refractivity contribution >= 4 is 5.97 Å². The Hall–Kier alpha value is -0.890. The van der Waals surface area contributed by atoms with Crippen molar-refractivity contribution in [3.63, 3.8) is 0 Å². The van der Waals surface area contributed by atoms with E-state index in [2.05, 4.69) is 0 Å². The third-order valence-corrected chi connectivity index (χ3v) is 6.05. The summed E-state index contributed by atoms with van der Waals surface area (Å²) in [6.45, 7) is 3.65. The minimum Gasteiger partial charge on any atom is -0.477 e. The standard InChI is InChI=1S/C18H32O11/c1-7-9(3)28-12(15(24)13(7)22)6-27-18(17(25)26)4-10(20)8(2)16(29-18)14(23)11(21)5-19/h7-16,19-24H,4-6H2,1-3H3,(H,25,26)/t7?,8-,9-,10-,11-,12?,13-,14-,15+,16?,18-/m1/s1. The molecule has 11 atom stereocenters. The van der Waals surface area contributed by atoms with E-state index in [0.717, 1.165) is 0 Å². The zero-order chi connectivity index (χ0) is 22.1. The fourth-order valence-electron chi connectivity index (χ4n) is 3.70. The van der Waals surface area contributed by atoms with Gasteiger partial charge < -0.3 is 50.0 Å². The highest BCUT2D eigenvalue weighted by molar-refractivity contribution is 5.76. The van der Waals surface area contributed by atoms with Crippen molar-refractivity contribution in [2.24, 2.45) is 11.8 Å². The first kappa shape index (κ1) is 24.4. The number of hydrogen-bond acceptors (Lipinski definition) is 10. The SMILES string of the molecule is CC1[C@@H](O)[C@@H](O)C(CO[C@]2(C(=O)O)C[C@@H](O)[C@@H](C)C([C@H](O)[C@H](O)CO)O2)O[C@@H]1C. The molecule has 2 heterocycles. The molecule has 2 saturated heterocycles. The molecule has 2 fully saturated rings. The normalized spacial score (nSPS) is 45.6. The number of rotatable bonds is 7. The van der Waals surface area contributed by atoms with E-state index >= 15 is 0 Å². The van der Waals surface area contributed by atoms with Crippen molar-refractivity contribution in [2.45, 2.75) is 81.8 Å². The van der Waals surface area contributed by atoms with E-state index in [-0.39, 0.29) is 5.92 Å². The van der Waals surface area contributed by atoms with Gasteiger partial charge in [0.1, 0.15) is 24.4 Å². The summed E-state index contributed by atoms with van der Waals surface area (Å²) in [5.41, 5.74) is 0. The van der Waals surface area contributed by atoms with Crippen LogP contribution in [0.1, 0.15) is 27.2 Å². The number of carboxylic acid groups (broad SMARTS) is 1. The third-order valence-electron chi connectivity index (χ3n) is 6.05. The lowest BCUT2D eigenvalue weighted by atomic mass is 9.84. The van der Waals surface area contributed by atoms with Crippen LogP contribution in [0.3, 0.4) is 0 Å². The van der Waals surface area contributed by atoms with Gasteiger partial charge >= 0.3 is 5.97 Å². The lowest BCUT2D eigenvalue weighted by molar-refractivity contribution is -0.328. The topological polar surface area (TPSA) is 186 Å². The molecule has 0 aromatic carbocycles. The summed E-state index contributed by atoms with van der Waals surface area (Å²) >= 11 is 0. The fourth-order valence-corrected chi connectivity index (χ4v) is 3.70. The van der Waals surface area contributed by atoms with Crippen molar-refractivity contribution in [1.82, 2.24) is 0 Å². The first-order valence-corrected chi connectivity index (χ1v) is 9.67. The molecule has 0 radical (unpaired) electrons. The summed E-state index contributed by atoms with van der Waals surface area (Å²) in [5.74, 6) is -5.07. The predicted molar refractivity (Wildman–Crippen MR) is 95.6 cm³/mol. The molecule has 3 unspecified atom stereocenters. The summed E-state index contributed by atoms with van der Waals surface area (Å²) in [5, 5.41) is 69.4. The Bertz CT molecular complexity index is 560. The van der Waals surface area contributed by atoms with Gasteiger partial charge in [0, 0.05) is 18.3 Å². The molecule has 2 aliphatic rings. The maximum atomic E-state index is 12.0. The maximum absolute atomic E-state index is 12.0. The van der Waals surface area contributed by atoms with Crippen LogP contribution in [0, 0.1) is 11.8 Å². The van der Waals surface area contributed by atoms with Gasteiger partial charge in [0.15, 0.2) is 0 Å². The molecule has 0 aliphatic carbocycles. The number of aliphatic carboxylic acids is 1. The van der Waals surface area contributed by atoms with Gasteiger partial charge in [0.2, 0.25) is 0 Å². The van der Waals surface area contributed by atoms with Crippen LogP contribution in [0.5, 0.6) is 0 Å². The fraction of sp³-hybridized carbons (Fsp3) is 0.944. The minimum atomic E-state index is -2.38. The van der Waals surface area contributed by atoms with E-state index in [4.69, 9.17) is 19.3 Å². The Labute approximate surface area is 168 Å². The van der Waals surface area contributed by atoms with Crippen molar-refractivity contribution in [3.05, 3.63) is 0 Å². The summed E-state index contributed by atoms with van der Waals surface area (Å²) < 4.78 is 16.6. The molecule has 2 aliphatic heterocycles. The molecule has 0 bridgehead atoms. The number of carbonyl (C=O) groups is 1. The average Bonchev–Trinajstić information content (AvgIpc) is 2.69. The molecule has 7 N–H and O–H groups in total. The predicted octanol–water partition coefficient (Wildman–Crippen LogP) is -2.57. The van der Waals surface area contributed by atoms with Crippen LogP contribution in [0.25, 0.3) is 0 Å². The van der Waals surface area contributed by atoms with E-state index < -0.39 is 86.1 Å². The molecule has 11 heteroatoms. The molecule has 0 amide bonds. The van der Waals surface area contributed by atoms with Crippen LogP contribution in [0.4, 0.5) is 0 Å². The molecule has 0 aromatic rings. The summed E-state index contributed by atoms with van der Waals surface area (Å²) in [6.07, 6.45) is -10.2. The van der Waals surface area contributed by atoms with Crippen molar-refractivity contribution in [3.8, 4) is 0 Å². The van der Waals surface area contributed by atoms with Crippen LogP contribution in [-0.4, -0.2) is 110 Å². The van der Waals surface area contributed by atoms with Gasteiger partial charge in [-0.15, -0.1) is 0 Å². The van der Waals surface area contributed by atoms with Crippen LogP contribution < -0.4 is 0 Å². The van der Waals surface area contributed by atoms with E-state index in [1.54, 1.807) is 13.8 Å². The van der Waals surface area contributed by atoms with Crippen LogP contribution in [0.15, 0.2) is 0 Å². The van der Waals surface area contributed by atoms with E-state index in [1.807, 2.05) is 0 Å². The lowest BCUT2D eigenvalue weighted by Crippen LogP contribution is -2.62. The highest BCUT2D eigenvalue weighted by Gasteiger charge is 2.55. The number of carboxylic acids is 1. The van der Waals surface area contributed by atoms with E-state index in [0.29, 0.717) is 0 Å². The quantitative estimate of drug-likeness (QED) is 0.228. The second-order valence-electron chi connectivity index (χ2n) is 8.04. The van der Waals surface area contributed by atoms with Crippen LogP contribution in [-0.2, 0) is 19.0 Å². The lowest BCUT2D eigenvalue weighted by Gasteiger charge is -2.46. The van der Waals surface area contributed by atoms with Gasteiger partial charge in [-0.25, -0.2) is 4.79 Å². The monoisotopic (exact) mass is 424 g/mol. The second-order valence-corrected chi connectivity index (χ2v) is 8.04. The highest BCUT2D eigenvalue weighted by atomic mass is 16.7. The van der Waals surface area contributed by atoms with E-state index in [1.165, 1.54) is 6.92 Å². The number of aliphatic hydroxyl groups is 6. The van der Waals surface area contributed by atoms with Crippen LogP contribution >= 0.6 is 0 Å². The van der Waals surface area contributed by atoms with Gasteiger partial charge in [-0.2, -0.15) is 0 Å². The Kier molecular flexibility index (Phi) is 7.99. The Morgan fingerprint density at radius 2 is 1.76 bits per heavy atom. The maximum Gasteiger partial charge on any atom is 0.364 e. The van der Waals surface area contributed by atoms with Gasteiger partial charge in [-0.3, -0.25) is 0 Å². The van der Waals surface area contributed by atoms with Crippen LogP contribution in [0.2, 0.25) is 0 Å².